The SMILES string of the molecule is C=CCC1CC(C(=O)NC2c3ccc(C)cc3Oc3cccc(C)c32)C(=O)NC1C(F)(F)F. The quantitative estimate of drug-likeness (QED) is 0.507. The van der Waals surface area contributed by atoms with Crippen LogP contribution >= 0.6 is 0 Å². The van der Waals surface area contributed by atoms with E-state index in [2.05, 4.69) is 11.9 Å². The van der Waals surface area contributed by atoms with Gasteiger partial charge in [-0.2, -0.15) is 13.2 Å². The Hall–Kier alpha value is -3.29. The van der Waals surface area contributed by atoms with Gasteiger partial charge in [-0.15, -0.1) is 6.58 Å². The topological polar surface area (TPSA) is 67.4 Å². The molecule has 174 valence electrons. The number of carbonyl (C=O) groups excluding carboxylic acids is 2. The minimum Gasteiger partial charge on any atom is -0.457 e. The van der Waals surface area contributed by atoms with Crippen molar-refractivity contribution in [1.82, 2.24) is 10.6 Å². The van der Waals surface area contributed by atoms with Crippen molar-refractivity contribution >= 4 is 11.8 Å². The van der Waals surface area contributed by atoms with Crippen molar-refractivity contribution in [2.75, 3.05) is 0 Å². The number of fused-ring (bicyclic) bond motifs is 2. The van der Waals surface area contributed by atoms with Gasteiger partial charge in [0.1, 0.15) is 23.5 Å². The van der Waals surface area contributed by atoms with E-state index in [0.717, 1.165) is 22.3 Å². The lowest BCUT2D eigenvalue weighted by atomic mass is 9.81. The average Bonchev–Trinajstić information content (AvgIpc) is 2.73. The van der Waals surface area contributed by atoms with Gasteiger partial charge in [0.25, 0.3) is 0 Å². The molecule has 2 amide bonds. The number of hydrogen-bond acceptors (Lipinski definition) is 3. The number of hydrogen-bond donors (Lipinski definition) is 2. The first-order valence-electron chi connectivity index (χ1n) is 10.8. The molecule has 2 aliphatic rings. The third-order valence-corrected chi connectivity index (χ3v) is 6.32. The number of halogens is 3. The molecule has 4 rings (SSSR count). The van der Waals surface area contributed by atoms with Gasteiger partial charge in [0.15, 0.2) is 0 Å². The zero-order valence-electron chi connectivity index (χ0n) is 18.3. The van der Waals surface area contributed by atoms with E-state index >= 15 is 0 Å². The van der Waals surface area contributed by atoms with Crippen molar-refractivity contribution < 1.29 is 27.5 Å². The molecule has 2 aliphatic heterocycles. The van der Waals surface area contributed by atoms with Crippen LogP contribution in [0.25, 0.3) is 0 Å². The summed E-state index contributed by atoms with van der Waals surface area (Å²) in [5.41, 5.74) is 3.35. The summed E-state index contributed by atoms with van der Waals surface area (Å²) in [6.45, 7) is 7.34. The number of amides is 2. The molecule has 33 heavy (non-hydrogen) atoms. The predicted octanol–water partition coefficient (Wildman–Crippen LogP) is 4.87. The molecule has 0 aromatic heterocycles. The van der Waals surface area contributed by atoms with E-state index in [1.807, 2.05) is 49.5 Å². The van der Waals surface area contributed by atoms with Crippen LogP contribution in [0.15, 0.2) is 49.1 Å². The predicted molar refractivity (Wildman–Crippen MR) is 117 cm³/mol. The molecule has 2 aromatic carbocycles. The van der Waals surface area contributed by atoms with Crippen LogP contribution in [-0.2, 0) is 9.59 Å². The lowest BCUT2D eigenvalue weighted by Gasteiger charge is -2.37. The van der Waals surface area contributed by atoms with Crippen molar-refractivity contribution in [3.05, 3.63) is 71.3 Å². The summed E-state index contributed by atoms with van der Waals surface area (Å²) in [7, 11) is 0. The summed E-state index contributed by atoms with van der Waals surface area (Å²) in [5.74, 6) is -2.56. The number of allylic oxidation sites excluding steroid dienone is 1. The van der Waals surface area contributed by atoms with E-state index in [9.17, 15) is 22.8 Å². The second kappa shape index (κ2) is 8.57. The van der Waals surface area contributed by atoms with Crippen molar-refractivity contribution in [2.24, 2.45) is 11.8 Å². The number of piperidine rings is 1. The standard InChI is InChI=1S/C25H25F3N2O3/c1-4-6-15-12-17(24(32)30-22(15)25(26,27)28)23(31)29-21-16-10-9-13(2)11-19(16)33-18-8-5-7-14(3)20(18)21/h4-5,7-11,15,17,21-22H,1,6,12H2,2-3H3,(H,29,31)(H,30,32). The first-order chi connectivity index (χ1) is 15.6. The molecule has 0 aliphatic carbocycles. The monoisotopic (exact) mass is 458 g/mol. The second-order valence-corrected chi connectivity index (χ2v) is 8.67. The van der Waals surface area contributed by atoms with Crippen LogP contribution in [0.5, 0.6) is 11.5 Å². The maximum Gasteiger partial charge on any atom is 0.408 e. The highest BCUT2D eigenvalue weighted by Crippen LogP contribution is 2.45. The molecule has 1 saturated heterocycles. The Labute approximate surface area is 190 Å². The third kappa shape index (κ3) is 4.34. The van der Waals surface area contributed by atoms with Crippen LogP contribution in [0.4, 0.5) is 13.2 Å². The van der Waals surface area contributed by atoms with Gasteiger partial charge in [-0.1, -0.05) is 30.3 Å². The smallest absolute Gasteiger partial charge is 0.408 e. The Bertz CT molecular complexity index is 1110. The van der Waals surface area contributed by atoms with E-state index < -0.39 is 41.9 Å². The minimum absolute atomic E-state index is 0.0373. The first kappa shape index (κ1) is 22.9. The molecule has 2 N–H and O–H groups in total. The van der Waals surface area contributed by atoms with Crippen molar-refractivity contribution in [3.63, 3.8) is 0 Å². The summed E-state index contributed by atoms with van der Waals surface area (Å²) in [6.07, 6.45) is -3.39. The van der Waals surface area contributed by atoms with E-state index in [-0.39, 0.29) is 12.8 Å². The minimum atomic E-state index is -4.60. The maximum atomic E-state index is 13.4. The molecule has 1 fully saturated rings. The summed E-state index contributed by atoms with van der Waals surface area (Å²) in [6, 6.07) is 8.56. The van der Waals surface area contributed by atoms with Crippen LogP contribution in [0, 0.1) is 25.7 Å². The zero-order chi connectivity index (χ0) is 23.9. The summed E-state index contributed by atoms with van der Waals surface area (Å²) < 4.78 is 46.4. The van der Waals surface area contributed by atoms with Crippen LogP contribution in [0.1, 0.15) is 41.1 Å². The van der Waals surface area contributed by atoms with Crippen molar-refractivity contribution in [1.29, 1.82) is 0 Å². The summed E-state index contributed by atoms with van der Waals surface area (Å²) in [5, 5.41) is 4.94. The van der Waals surface area contributed by atoms with E-state index in [4.69, 9.17) is 4.74 Å². The van der Waals surface area contributed by atoms with E-state index in [0.29, 0.717) is 11.5 Å². The lowest BCUT2D eigenvalue weighted by Crippen LogP contribution is -2.59. The molecule has 0 saturated carbocycles. The normalized spacial score (nSPS) is 24.1. The van der Waals surface area contributed by atoms with Crippen molar-refractivity contribution in [3.8, 4) is 11.5 Å². The highest BCUT2D eigenvalue weighted by atomic mass is 19.4. The number of carbonyl (C=O) groups is 2. The van der Waals surface area contributed by atoms with Gasteiger partial charge in [0.05, 0.1) is 6.04 Å². The molecule has 4 atom stereocenters. The van der Waals surface area contributed by atoms with Gasteiger partial charge < -0.3 is 15.4 Å². The number of rotatable bonds is 4. The van der Waals surface area contributed by atoms with Gasteiger partial charge in [-0.3, -0.25) is 9.59 Å². The Morgan fingerprint density at radius 1 is 1.24 bits per heavy atom. The Balaban J connectivity index is 1.65. The molecule has 0 spiro atoms. The molecule has 2 aromatic rings. The number of alkyl halides is 3. The molecule has 0 bridgehead atoms. The van der Waals surface area contributed by atoms with Gasteiger partial charge in [-0.05, 0) is 55.9 Å². The lowest BCUT2D eigenvalue weighted by molar-refractivity contribution is -0.181. The highest BCUT2D eigenvalue weighted by Gasteiger charge is 2.51. The molecule has 4 unspecified atom stereocenters. The van der Waals surface area contributed by atoms with Gasteiger partial charge >= 0.3 is 6.18 Å². The Kier molecular flexibility index (Phi) is 5.95. The Morgan fingerprint density at radius 3 is 2.70 bits per heavy atom. The molecular formula is C25H25F3N2O3. The van der Waals surface area contributed by atoms with Gasteiger partial charge in [0.2, 0.25) is 11.8 Å². The van der Waals surface area contributed by atoms with Gasteiger partial charge in [0, 0.05) is 11.1 Å². The van der Waals surface area contributed by atoms with Gasteiger partial charge in [-0.25, -0.2) is 0 Å². The maximum absolute atomic E-state index is 13.4. The Morgan fingerprint density at radius 2 is 2.00 bits per heavy atom. The number of benzene rings is 2. The molecule has 0 radical (unpaired) electrons. The van der Waals surface area contributed by atoms with E-state index in [1.165, 1.54) is 6.08 Å². The average molecular weight is 458 g/mol. The number of aryl methyl sites for hydroxylation is 2. The number of nitrogens with one attached hydrogen (secondary N) is 2. The van der Waals surface area contributed by atoms with E-state index in [1.54, 1.807) is 6.07 Å². The van der Waals surface area contributed by atoms with Crippen LogP contribution in [-0.4, -0.2) is 24.0 Å². The third-order valence-electron chi connectivity index (χ3n) is 6.32. The molecule has 8 heteroatoms. The fraction of sp³-hybridized carbons (Fsp3) is 0.360. The molecule has 5 nitrogen and oxygen atoms in total. The largest absolute Gasteiger partial charge is 0.457 e. The fourth-order valence-corrected chi connectivity index (χ4v) is 4.69. The summed E-state index contributed by atoms with van der Waals surface area (Å²) in [4.78, 5) is 25.8. The van der Waals surface area contributed by atoms with Crippen LogP contribution in [0.3, 0.4) is 0 Å². The van der Waals surface area contributed by atoms with Crippen molar-refractivity contribution in [2.45, 2.75) is 44.9 Å². The second-order valence-electron chi connectivity index (χ2n) is 8.67. The van der Waals surface area contributed by atoms with Crippen LogP contribution in [0.2, 0.25) is 0 Å². The molecule has 2 heterocycles. The fourth-order valence-electron chi connectivity index (χ4n) is 4.69. The zero-order valence-corrected chi connectivity index (χ0v) is 18.3. The van der Waals surface area contributed by atoms with Crippen LogP contribution < -0.4 is 15.4 Å². The highest BCUT2D eigenvalue weighted by molar-refractivity contribution is 6.01. The summed E-state index contributed by atoms with van der Waals surface area (Å²) >= 11 is 0. The number of ether oxygens (including phenoxy) is 1. The molecular weight excluding hydrogens is 433 g/mol. The first-order valence-corrected chi connectivity index (χ1v) is 10.8.